The quantitative estimate of drug-likeness (QED) is 0.778. The number of hydrogen-bond donors (Lipinski definition) is 1. The van der Waals surface area contributed by atoms with Gasteiger partial charge in [-0.1, -0.05) is 6.92 Å². The fourth-order valence-electron chi connectivity index (χ4n) is 1.16. The minimum Gasteiger partial charge on any atom is -0.481 e. The minimum atomic E-state index is -0.962. The van der Waals surface area contributed by atoms with E-state index in [9.17, 15) is 9.59 Å². The minimum absolute atomic E-state index is 0.0126. The molecular weight excluding hydrogens is 184 g/mol. The van der Waals surface area contributed by atoms with Gasteiger partial charge in [0.05, 0.1) is 6.42 Å². The molecule has 0 spiro atoms. The van der Waals surface area contributed by atoms with E-state index < -0.39 is 5.97 Å². The molecule has 76 valence electrons. The van der Waals surface area contributed by atoms with Gasteiger partial charge in [-0.15, -0.1) is 0 Å². The highest BCUT2D eigenvalue weighted by molar-refractivity contribution is 5.83. The third kappa shape index (κ3) is 2.42. The van der Waals surface area contributed by atoms with E-state index in [1.807, 2.05) is 6.92 Å². The topological polar surface area (TPSA) is 72.2 Å². The molecule has 0 atom stereocenters. The molecule has 0 amide bonds. The van der Waals surface area contributed by atoms with Crippen molar-refractivity contribution in [2.45, 2.75) is 26.2 Å². The number of imidazole rings is 1. The molecule has 0 unspecified atom stereocenters. The Balaban J connectivity index is 2.64. The highest BCUT2D eigenvalue weighted by Crippen LogP contribution is 2.02. The van der Waals surface area contributed by atoms with Crippen molar-refractivity contribution in [2.75, 3.05) is 0 Å². The van der Waals surface area contributed by atoms with Gasteiger partial charge < -0.3 is 5.11 Å². The second-order valence-electron chi connectivity index (χ2n) is 2.85. The summed E-state index contributed by atoms with van der Waals surface area (Å²) < 4.78 is 1.41. The lowest BCUT2D eigenvalue weighted by atomic mass is 10.3. The molecule has 0 fully saturated rings. The van der Waals surface area contributed by atoms with Crippen molar-refractivity contribution >= 4 is 11.9 Å². The predicted molar refractivity (Wildman–Crippen MR) is 49.1 cm³/mol. The molecule has 1 heterocycles. The van der Waals surface area contributed by atoms with E-state index in [4.69, 9.17) is 5.11 Å². The zero-order chi connectivity index (χ0) is 10.6. The first-order valence-corrected chi connectivity index (χ1v) is 4.42. The van der Waals surface area contributed by atoms with Crippen molar-refractivity contribution in [3.05, 3.63) is 18.2 Å². The number of aromatic nitrogens is 2. The molecule has 0 radical (unpaired) electrons. The number of rotatable bonds is 4. The average Bonchev–Trinajstić information content (AvgIpc) is 2.61. The molecule has 1 N–H and O–H groups in total. The Morgan fingerprint density at radius 2 is 2.21 bits per heavy atom. The molecule has 0 aliphatic carbocycles. The lowest BCUT2D eigenvalue weighted by Gasteiger charge is -2.02. The zero-order valence-electron chi connectivity index (χ0n) is 7.93. The third-order valence-corrected chi connectivity index (χ3v) is 1.86. The van der Waals surface area contributed by atoms with Crippen molar-refractivity contribution in [3.8, 4) is 0 Å². The van der Waals surface area contributed by atoms with Gasteiger partial charge in [-0.25, -0.2) is 4.98 Å². The van der Waals surface area contributed by atoms with Crippen molar-refractivity contribution in [1.29, 1.82) is 0 Å². The number of carbonyl (C=O) groups excluding carboxylic acids is 1. The normalized spacial score (nSPS) is 10.1. The Labute approximate surface area is 81.4 Å². The maximum atomic E-state index is 11.4. The van der Waals surface area contributed by atoms with Crippen LogP contribution in [0.1, 0.15) is 30.4 Å². The van der Waals surface area contributed by atoms with Gasteiger partial charge in [-0.05, 0) is 0 Å². The summed E-state index contributed by atoms with van der Waals surface area (Å²) in [4.78, 5) is 25.7. The predicted octanol–water partition coefficient (Wildman–Crippen LogP) is 0.950. The second-order valence-corrected chi connectivity index (χ2v) is 2.85. The largest absolute Gasteiger partial charge is 0.481 e. The summed E-state index contributed by atoms with van der Waals surface area (Å²) in [5.74, 6) is -0.515. The first-order valence-electron chi connectivity index (χ1n) is 4.42. The van der Waals surface area contributed by atoms with Crippen LogP contribution < -0.4 is 0 Å². The molecule has 0 aliphatic heterocycles. The molecule has 1 aromatic heterocycles. The Morgan fingerprint density at radius 3 is 2.79 bits per heavy atom. The van der Waals surface area contributed by atoms with Crippen LogP contribution in [-0.2, 0) is 11.2 Å². The maximum absolute atomic E-state index is 11.4. The summed E-state index contributed by atoms with van der Waals surface area (Å²) in [6.45, 7) is 1.89. The SMILES string of the molecule is CCc1nccn1C(=O)CCC(=O)O. The van der Waals surface area contributed by atoms with Gasteiger partial charge in [0.25, 0.3) is 0 Å². The van der Waals surface area contributed by atoms with E-state index >= 15 is 0 Å². The van der Waals surface area contributed by atoms with Gasteiger partial charge in [-0.3, -0.25) is 14.2 Å². The van der Waals surface area contributed by atoms with Crippen LogP contribution in [-0.4, -0.2) is 26.5 Å². The van der Waals surface area contributed by atoms with Crippen LogP contribution in [0.3, 0.4) is 0 Å². The summed E-state index contributed by atoms with van der Waals surface area (Å²) in [7, 11) is 0. The summed E-state index contributed by atoms with van der Waals surface area (Å²) in [5, 5.41) is 8.41. The molecule has 5 nitrogen and oxygen atoms in total. The Morgan fingerprint density at radius 1 is 1.50 bits per heavy atom. The van der Waals surface area contributed by atoms with E-state index in [-0.39, 0.29) is 18.7 Å². The molecule has 5 heteroatoms. The van der Waals surface area contributed by atoms with Crippen molar-refractivity contribution in [2.24, 2.45) is 0 Å². The van der Waals surface area contributed by atoms with Crippen LogP contribution >= 0.6 is 0 Å². The van der Waals surface area contributed by atoms with E-state index in [0.717, 1.165) is 0 Å². The summed E-state index contributed by atoms with van der Waals surface area (Å²) in [6, 6.07) is 0. The van der Waals surface area contributed by atoms with E-state index in [2.05, 4.69) is 4.98 Å². The van der Waals surface area contributed by atoms with Crippen molar-refractivity contribution in [3.63, 3.8) is 0 Å². The smallest absolute Gasteiger partial charge is 0.303 e. The fourth-order valence-corrected chi connectivity index (χ4v) is 1.16. The molecule has 0 bridgehead atoms. The number of aryl methyl sites for hydroxylation is 1. The van der Waals surface area contributed by atoms with Crippen LogP contribution in [0.25, 0.3) is 0 Å². The number of aliphatic carboxylic acids is 1. The number of carboxylic acids is 1. The standard InChI is InChI=1S/C9H12N2O3/c1-2-7-10-5-6-11(7)8(12)3-4-9(13)14/h5-6H,2-4H2,1H3,(H,13,14). The van der Waals surface area contributed by atoms with E-state index in [0.29, 0.717) is 12.2 Å². The lowest BCUT2D eigenvalue weighted by molar-refractivity contribution is -0.136. The Hall–Kier alpha value is -1.65. The van der Waals surface area contributed by atoms with Crippen molar-refractivity contribution in [1.82, 2.24) is 9.55 Å². The first-order chi connectivity index (χ1) is 6.65. The molecule has 0 saturated carbocycles. The van der Waals surface area contributed by atoms with Gasteiger partial charge in [0, 0.05) is 25.2 Å². The van der Waals surface area contributed by atoms with E-state index in [1.54, 1.807) is 6.20 Å². The van der Waals surface area contributed by atoms with Crippen LogP contribution in [0.5, 0.6) is 0 Å². The van der Waals surface area contributed by atoms with Crippen LogP contribution in [0.15, 0.2) is 12.4 Å². The van der Waals surface area contributed by atoms with Gasteiger partial charge in [-0.2, -0.15) is 0 Å². The number of hydrogen-bond acceptors (Lipinski definition) is 3. The number of carbonyl (C=O) groups is 2. The van der Waals surface area contributed by atoms with Gasteiger partial charge in [0.2, 0.25) is 5.91 Å². The average molecular weight is 196 g/mol. The zero-order valence-corrected chi connectivity index (χ0v) is 7.93. The molecule has 14 heavy (non-hydrogen) atoms. The van der Waals surface area contributed by atoms with Crippen molar-refractivity contribution < 1.29 is 14.7 Å². The van der Waals surface area contributed by atoms with E-state index in [1.165, 1.54) is 10.8 Å². The maximum Gasteiger partial charge on any atom is 0.303 e. The van der Waals surface area contributed by atoms with Crippen LogP contribution in [0.2, 0.25) is 0 Å². The second kappa shape index (κ2) is 4.55. The summed E-state index contributed by atoms with van der Waals surface area (Å²) in [5.41, 5.74) is 0. The summed E-state index contributed by atoms with van der Waals surface area (Å²) in [6.07, 6.45) is 3.63. The highest BCUT2D eigenvalue weighted by atomic mass is 16.4. The van der Waals surface area contributed by atoms with Gasteiger partial charge >= 0.3 is 5.97 Å². The Kier molecular flexibility index (Phi) is 3.39. The number of nitrogens with zero attached hydrogens (tertiary/aromatic N) is 2. The highest BCUT2D eigenvalue weighted by Gasteiger charge is 2.10. The Bertz CT molecular complexity index is 344. The molecule has 0 aromatic carbocycles. The monoisotopic (exact) mass is 196 g/mol. The molecule has 1 rings (SSSR count). The third-order valence-electron chi connectivity index (χ3n) is 1.86. The van der Waals surface area contributed by atoms with Gasteiger partial charge in [0.15, 0.2) is 0 Å². The summed E-state index contributed by atoms with van der Waals surface area (Å²) >= 11 is 0. The van der Waals surface area contributed by atoms with Gasteiger partial charge in [0.1, 0.15) is 5.82 Å². The van der Waals surface area contributed by atoms with Crippen LogP contribution in [0, 0.1) is 0 Å². The first kappa shape index (κ1) is 10.4. The molecule has 1 aromatic rings. The fraction of sp³-hybridized carbons (Fsp3) is 0.444. The molecular formula is C9H12N2O3. The lowest BCUT2D eigenvalue weighted by Crippen LogP contribution is -2.14. The number of carboxylic acid groups (broad SMARTS) is 1. The molecule has 0 saturated heterocycles. The molecule has 0 aliphatic rings. The van der Waals surface area contributed by atoms with Crippen LogP contribution in [0.4, 0.5) is 0 Å².